The molecule has 3 fully saturated rings. The fourth-order valence-corrected chi connectivity index (χ4v) is 19.1. The van der Waals surface area contributed by atoms with Gasteiger partial charge in [-0.05, 0) is 122 Å². The second-order valence-electron chi connectivity index (χ2n) is 33.9. The van der Waals surface area contributed by atoms with E-state index in [1.165, 1.54) is 57.9 Å². The number of carbonyl (C=O) groups excluding carboxylic acids is 11. The number of likely N-dealkylation sites (N-methyl/N-ethyl adjacent to an activating group) is 2. The lowest BCUT2D eigenvalue weighted by Gasteiger charge is -2.50. The van der Waals surface area contributed by atoms with E-state index < -0.39 is 249 Å². The average molecular weight is 2010 g/mol. The summed E-state index contributed by atoms with van der Waals surface area (Å²) in [6.07, 6.45) is -13.2. The van der Waals surface area contributed by atoms with Gasteiger partial charge in [-0.25, -0.2) is 9.55 Å². The number of hydrogen-bond acceptors (Lipinski definition) is 35. The lowest BCUT2D eigenvalue weighted by atomic mass is 9.86. The largest absolute Gasteiger partial charge is 0.543 e. The van der Waals surface area contributed by atoms with E-state index in [0.717, 1.165) is 89.7 Å². The first-order chi connectivity index (χ1) is 65.5. The van der Waals surface area contributed by atoms with E-state index in [9.17, 15) is 84.6 Å². The first-order valence-corrected chi connectivity index (χ1v) is 46.2. The molecule has 0 saturated carbocycles. The Morgan fingerprint density at radius 1 is 0.761 bits per heavy atom. The van der Waals surface area contributed by atoms with Crippen molar-refractivity contribution in [2.24, 2.45) is 22.5 Å². The minimum atomic E-state index is -2.32. The maximum absolute atomic E-state index is 16.1. The molecule has 138 heavy (non-hydrogen) atoms. The van der Waals surface area contributed by atoms with E-state index in [2.05, 4.69) is 58.0 Å². The van der Waals surface area contributed by atoms with E-state index in [-0.39, 0.29) is 96.3 Å². The number of phenolic OH excluding ortho intramolecular Hbond substituents is 3. The molecule has 9 aliphatic heterocycles. The van der Waals surface area contributed by atoms with Gasteiger partial charge < -0.3 is 154 Å². The summed E-state index contributed by atoms with van der Waals surface area (Å²) in [5.74, 6) is -16.9. The number of aromatic hydroxyl groups is 3. The highest BCUT2D eigenvalue weighted by atomic mass is 35.5. The second-order valence-corrected chi connectivity index (χ2v) is 37.5. The van der Waals surface area contributed by atoms with Crippen LogP contribution in [0.3, 0.4) is 0 Å². The summed E-state index contributed by atoms with van der Waals surface area (Å²) in [4.78, 5) is 167. The van der Waals surface area contributed by atoms with Gasteiger partial charge in [0.25, 0.3) is 11.8 Å². The molecule has 10 amide bonds. The third-order valence-electron chi connectivity index (χ3n) is 23.5. The number of benzene rings is 5. The number of carbonyl (C=O) groups is 11. The number of nitrogens with one attached hydrogen (secondary N) is 9. The van der Waals surface area contributed by atoms with Crippen molar-refractivity contribution < 1.29 is 142 Å². The summed E-state index contributed by atoms with van der Waals surface area (Å²) in [6, 6.07) is 4.93. The topological polar surface area (TPSA) is 676 Å². The van der Waals surface area contributed by atoms with Crippen LogP contribution >= 0.6 is 57.9 Å². The van der Waals surface area contributed by atoms with Crippen molar-refractivity contribution in [3.05, 3.63) is 169 Å². The number of ether oxygens (including phenoxy) is 6. The fraction of sp³-hybridized carbons (Fsp3) is 0.416. The number of nitrogens with two attached hydrogens (primary N) is 3. The molecule has 11 heterocycles. The van der Waals surface area contributed by atoms with Crippen molar-refractivity contribution in [3.8, 4) is 57.1 Å². The Morgan fingerprint density at radius 2 is 1.41 bits per heavy atom. The summed E-state index contributed by atoms with van der Waals surface area (Å²) in [6.45, 7) is 8.25. The molecule has 0 aliphatic carbocycles. The van der Waals surface area contributed by atoms with Gasteiger partial charge in [-0.2, -0.15) is 0 Å². The number of aliphatic hydroxyl groups excluding tert-OH is 6. The van der Waals surface area contributed by atoms with Crippen molar-refractivity contribution in [3.63, 3.8) is 0 Å². The first-order valence-electron chi connectivity index (χ1n) is 43.2. The van der Waals surface area contributed by atoms with Crippen molar-refractivity contribution in [1.29, 1.82) is 0 Å². The lowest BCUT2D eigenvalue weighted by Crippen LogP contribution is -2.71. The van der Waals surface area contributed by atoms with Crippen molar-refractivity contribution in [2.45, 2.75) is 194 Å². The zero-order chi connectivity index (χ0) is 100. The van der Waals surface area contributed by atoms with Crippen LogP contribution in [0.25, 0.3) is 11.1 Å². The van der Waals surface area contributed by atoms with E-state index in [1.54, 1.807) is 12.4 Å². The predicted molar refractivity (Wildman–Crippen MR) is 488 cm³/mol. The number of fused-ring (bicyclic) bond motifs is 16. The highest BCUT2D eigenvalue weighted by Crippen LogP contribution is 2.51. The number of unbranched alkanes of at least 4 members (excludes halogenated alkanes) is 1. The van der Waals surface area contributed by atoms with E-state index in [1.807, 2.05) is 43.5 Å². The molecule has 0 spiro atoms. The number of aliphatic carboxylic acids is 1. The Morgan fingerprint density at radius 3 is 2.01 bits per heavy atom. The quantitative estimate of drug-likeness (QED) is 0.0132. The number of carboxylic acids is 1. The summed E-state index contributed by atoms with van der Waals surface area (Å²) in [5, 5.41) is 141. The maximum atomic E-state index is 16.1. The van der Waals surface area contributed by atoms with Crippen LogP contribution in [-0.2, 0) is 78.3 Å². The molecule has 20 atom stereocenters. The molecule has 3 saturated heterocycles. The number of rotatable bonds is 23. The van der Waals surface area contributed by atoms with Gasteiger partial charge in [-0.1, -0.05) is 103 Å². The lowest BCUT2D eigenvalue weighted by molar-refractivity contribution is -0.689. The molecule has 1 unspecified atom stereocenters. The normalized spacial score (nSPS) is 26.7. The zero-order valence-electron chi connectivity index (χ0n) is 74.6. The van der Waals surface area contributed by atoms with Crippen molar-refractivity contribution >= 4 is 134 Å². The highest BCUT2D eigenvalue weighted by Gasteiger charge is 2.55. The molecule has 11 bridgehead atoms. The molecule has 49 heteroatoms. The number of nitrogens with zero attached hydrogens (tertiary/aromatic N) is 4. The Labute approximate surface area is 809 Å². The van der Waals surface area contributed by atoms with Crippen LogP contribution in [0.15, 0.2) is 126 Å². The molecule has 44 nitrogen and oxygen atoms in total. The molecule has 5 aromatic carbocycles. The minimum Gasteiger partial charge on any atom is -0.543 e. The number of phenols is 3. The predicted octanol–water partition coefficient (Wildman–Crippen LogP) is 0.0587. The van der Waals surface area contributed by atoms with Crippen LogP contribution in [0.2, 0.25) is 14.4 Å². The van der Waals surface area contributed by atoms with Gasteiger partial charge in [0, 0.05) is 59.7 Å². The summed E-state index contributed by atoms with van der Waals surface area (Å²) in [7, 11) is 2.67. The number of anilines is 1. The summed E-state index contributed by atoms with van der Waals surface area (Å²) in [5.41, 5.74) is 14.5. The molecular formula is C89H101Cl3N16O28S2. The number of nitrogen functional groups attached to an aromatic ring is 1. The van der Waals surface area contributed by atoms with Gasteiger partial charge in [0.2, 0.25) is 59.3 Å². The number of pyridine rings is 1. The standard InChI is InChI=1S/C67H78Cl2N10O23.C22H23ClN6O5S2/c1-24(2)13-35(72-5)59(90)78-50-52(85)27-8-11-39(33(68)15-27)98-41-17-29-18-42(56(41)102-66-57(55(88)54(87)43(23-80)100-66)101-45-22-67(4,71)58(89)25(3)97-45)99-40-12-9-28(16-34(40)69)53(86)51-65(96)77-49(61(92)73-6)32-19-30(81)20-38(83)46(32)31-14-26(7-10-37(31)82)47(62(93)79-51)76-63(94)48(29)75-60(91)36(21-44(70)84)74-64(50)95;1-2-3-9-34-27-14(13-17(23)36-22(24)26-13)18(30)25-15-19(31)29-16(21(32)33)12(11-35-20(15)29)10-28-7-5-4-6-8-28/h7-12,14-20,24-25,35-36,43,45,47-55,57-58,66,72,80-83,85-89H,13,21-23,71H2,1-6H3,(H2,70,84)(H,73,92)(H,74,95)(H,75,91)(H,76,94)(H,77,96)(H,78,90)(H,79,93);4-8,15,20H,2-3,9-11H2,1H3,(H3-,24,25,26,30,32,33)/b;27-14-/t25-,35+,36-,43+,45-,47+,48+,49-,50?,51-,52+,53+,54+,55-,57+,58+,66-,67-;15-,20-/m01/s1. The highest BCUT2D eigenvalue weighted by molar-refractivity contribution is 8.00. The maximum Gasteiger partial charge on any atom is 0.276 e. The van der Waals surface area contributed by atoms with Crippen LogP contribution in [0.4, 0.5) is 5.13 Å². The van der Waals surface area contributed by atoms with Crippen LogP contribution in [0, 0.1) is 5.92 Å². The van der Waals surface area contributed by atoms with Crippen LogP contribution in [0.1, 0.15) is 131 Å². The van der Waals surface area contributed by atoms with Crippen LogP contribution in [0.5, 0.6) is 46.0 Å². The summed E-state index contributed by atoms with van der Waals surface area (Å²) < 4.78 is 40.4. The SMILES string of the molecule is CCCCO/N=C(\C(=O)N[C@@H]1C(=O)N2C(C(=O)[O-])=C(C[n+]3ccccc3)CS[C@H]12)c1nc(N)sc1Cl.CNC(=O)[C@H]1NC(=O)[C@H]2NC(=O)[C@H](NC(=O)[C@@H]3NC(=O)[C@H](CC(N)=O)NC(=O)C(NC(=O)[C@@H](CC(C)C)NC)[C@H](O)c4ccc(c(Cl)c4)Oc4cc3cc(c4O[C@@H]3O[C@H](CO)[C@@H](O)[C@H](O)[C@H]3O[C@H]3C[C@](C)(N)[C@H](O)[C@H](C)O3)Oc3ccc(cc3Cl)[C@H]2O)c2ccc(O)c(c2)-c2c(O)cc(O)cc21. The molecule has 738 valence electrons. The zero-order valence-corrected chi connectivity index (χ0v) is 78.5. The number of halogens is 3. The van der Waals surface area contributed by atoms with Crippen LogP contribution in [-0.4, -0.2) is 250 Å². The molecule has 24 N–H and O–H groups in total. The molecular weight excluding hydrogens is 1910 g/mol. The van der Waals surface area contributed by atoms with Crippen molar-refractivity contribution in [1.82, 2.24) is 57.7 Å². The van der Waals surface area contributed by atoms with Gasteiger partial charge in [-0.15, -0.1) is 11.8 Å². The number of aromatic nitrogens is 2. The number of thiazole rings is 1. The third kappa shape index (κ3) is 22.6. The third-order valence-corrected chi connectivity index (χ3v) is 26.5. The monoisotopic (exact) mass is 2010 g/mol. The van der Waals surface area contributed by atoms with Crippen LogP contribution < -0.4 is 88.9 Å². The van der Waals surface area contributed by atoms with E-state index in [4.69, 9.17) is 85.3 Å². The Kier molecular flexibility index (Phi) is 32.7. The number of thioether (sulfide) groups is 1. The van der Waals surface area contributed by atoms with Gasteiger partial charge in [0.05, 0.1) is 53.0 Å². The molecule has 2 aromatic heterocycles. The Bertz CT molecular complexity index is 5930. The van der Waals surface area contributed by atoms with E-state index in [0.29, 0.717) is 17.9 Å². The number of β-lactam (4-membered cyclic amide) rings is 1. The average Bonchev–Trinajstić information content (AvgIpc) is 0.829. The summed E-state index contributed by atoms with van der Waals surface area (Å²) >= 11 is 22.7. The first kappa shape index (κ1) is 103. The number of aliphatic hydroxyl groups is 6. The number of hydrogen-bond donors (Lipinski definition) is 21. The Balaban J connectivity index is 0.000000371. The number of amides is 10. The molecule has 16 rings (SSSR count). The number of carboxylic acid groups (broad SMARTS) is 1. The second kappa shape index (κ2) is 43.8. The molecule has 7 aromatic rings. The molecule has 9 aliphatic rings. The van der Waals surface area contributed by atoms with Crippen molar-refractivity contribution in [2.75, 3.05) is 38.8 Å². The fourth-order valence-electron chi connectivity index (χ4n) is 16.4. The smallest absolute Gasteiger partial charge is 0.276 e. The van der Waals surface area contributed by atoms with Gasteiger partial charge in [0.1, 0.15) is 124 Å². The van der Waals surface area contributed by atoms with E-state index >= 15 is 19.2 Å². The molecule has 0 radical (unpaired) electrons. The van der Waals surface area contributed by atoms with Gasteiger partial charge in [-0.3, -0.25) is 52.8 Å². The minimum absolute atomic E-state index is 0.0468. The Hall–Kier alpha value is -12.4. The van der Waals surface area contributed by atoms with Gasteiger partial charge >= 0.3 is 0 Å². The van der Waals surface area contributed by atoms with Gasteiger partial charge in [0.15, 0.2) is 53.7 Å². The number of primary amides is 1. The number of oxime groups is 1.